The molecule has 0 rings (SSSR count). The van der Waals surface area contributed by atoms with Crippen LogP contribution in [0.5, 0.6) is 0 Å². The molecule has 0 aliphatic rings. The van der Waals surface area contributed by atoms with Gasteiger partial charge in [0, 0.05) is 10.3 Å². The maximum absolute atomic E-state index is 6.27. The zero-order valence-electron chi connectivity index (χ0n) is 8.75. The van der Waals surface area contributed by atoms with E-state index in [1.165, 1.54) is 0 Å². The predicted octanol–water partition coefficient (Wildman–Crippen LogP) is 4.44. The van der Waals surface area contributed by atoms with Crippen LogP contribution < -0.4 is 0 Å². The van der Waals surface area contributed by atoms with Crippen molar-refractivity contribution >= 4 is 23.2 Å². The maximum atomic E-state index is 6.27. The topological polar surface area (TPSA) is 0 Å². The monoisotopic (exact) mass is 210 g/mol. The Morgan fingerprint density at radius 2 is 1.58 bits per heavy atom. The molecule has 0 saturated carbocycles. The molecular weight excluding hydrogens is 191 g/mol. The minimum Gasteiger partial charge on any atom is -0.123 e. The standard InChI is InChI=1S/C10H20Cl2/c1-8(11)6-7-9(2,3)10(4,5)12/h8H,6-7H2,1-5H3. The Kier molecular flexibility index (Phi) is 4.40. The average Bonchev–Trinajstić information content (AvgIpc) is 1.81. The molecule has 2 heteroatoms. The van der Waals surface area contributed by atoms with E-state index in [4.69, 9.17) is 23.2 Å². The molecule has 1 unspecified atom stereocenters. The van der Waals surface area contributed by atoms with Crippen LogP contribution in [0, 0.1) is 5.41 Å². The number of alkyl halides is 2. The summed E-state index contributed by atoms with van der Waals surface area (Å²) in [6.07, 6.45) is 2.11. The summed E-state index contributed by atoms with van der Waals surface area (Å²) in [5, 5.41) is 0.253. The van der Waals surface area contributed by atoms with E-state index in [2.05, 4.69) is 27.7 Å². The molecule has 0 N–H and O–H groups in total. The molecule has 0 spiro atoms. The van der Waals surface area contributed by atoms with E-state index in [9.17, 15) is 0 Å². The fourth-order valence-corrected chi connectivity index (χ4v) is 1.06. The Hall–Kier alpha value is 0.580. The van der Waals surface area contributed by atoms with Gasteiger partial charge in [-0.2, -0.15) is 0 Å². The highest BCUT2D eigenvalue weighted by Crippen LogP contribution is 2.40. The van der Waals surface area contributed by atoms with Crippen LogP contribution in [0.4, 0.5) is 0 Å². The SMILES string of the molecule is CC(Cl)CCC(C)(C)C(C)(C)Cl. The van der Waals surface area contributed by atoms with E-state index in [-0.39, 0.29) is 15.7 Å². The van der Waals surface area contributed by atoms with E-state index in [1.807, 2.05) is 6.92 Å². The number of hydrogen-bond acceptors (Lipinski definition) is 0. The zero-order valence-corrected chi connectivity index (χ0v) is 10.3. The Bertz CT molecular complexity index is 131. The lowest BCUT2D eigenvalue weighted by Crippen LogP contribution is -2.33. The van der Waals surface area contributed by atoms with Gasteiger partial charge in [-0.25, -0.2) is 0 Å². The fourth-order valence-electron chi connectivity index (χ4n) is 0.857. The molecule has 0 heterocycles. The van der Waals surface area contributed by atoms with Crippen LogP contribution in [0.15, 0.2) is 0 Å². The third kappa shape index (κ3) is 4.00. The molecule has 0 aromatic rings. The molecule has 0 radical (unpaired) electrons. The van der Waals surface area contributed by atoms with Gasteiger partial charge < -0.3 is 0 Å². The van der Waals surface area contributed by atoms with Crippen LogP contribution in [-0.4, -0.2) is 10.3 Å². The highest BCUT2D eigenvalue weighted by atomic mass is 35.5. The lowest BCUT2D eigenvalue weighted by atomic mass is 9.76. The molecular formula is C10H20Cl2. The second kappa shape index (κ2) is 4.19. The van der Waals surface area contributed by atoms with Crippen molar-refractivity contribution in [3.05, 3.63) is 0 Å². The third-order valence-electron chi connectivity index (χ3n) is 2.78. The normalized spacial score (nSPS) is 16.2. The first-order chi connectivity index (χ1) is 5.17. The number of halogens is 2. The summed E-state index contributed by atoms with van der Waals surface area (Å²) in [5.74, 6) is 0. The van der Waals surface area contributed by atoms with Crippen molar-refractivity contribution in [2.45, 2.75) is 57.7 Å². The van der Waals surface area contributed by atoms with Crippen molar-refractivity contribution in [1.29, 1.82) is 0 Å². The van der Waals surface area contributed by atoms with E-state index in [0.29, 0.717) is 0 Å². The first-order valence-electron chi connectivity index (χ1n) is 4.50. The van der Waals surface area contributed by atoms with Crippen molar-refractivity contribution in [3.8, 4) is 0 Å². The van der Waals surface area contributed by atoms with Crippen LogP contribution in [0.25, 0.3) is 0 Å². The average molecular weight is 211 g/mol. The highest BCUT2D eigenvalue weighted by Gasteiger charge is 2.34. The molecule has 0 aliphatic carbocycles. The fraction of sp³-hybridized carbons (Fsp3) is 1.00. The van der Waals surface area contributed by atoms with Gasteiger partial charge in [-0.3, -0.25) is 0 Å². The lowest BCUT2D eigenvalue weighted by Gasteiger charge is -2.37. The highest BCUT2D eigenvalue weighted by molar-refractivity contribution is 6.24. The van der Waals surface area contributed by atoms with E-state index < -0.39 is 0 Å². The Morgan fingerprint density at radius 1 is 1.17 bits per heavy atom. The van der Waals surface area contributed by atoms with Crippen molar-refractivity contribution < 1.29 is 0 Å². The van der Waals surface area contributed by atoms with Crippen molar-refractivity contribution in [2.75, 3.05) is 0 Å². The van der Waals surface area contributed by atoms with Gasteiger partial charge in [0.15, 0.2) is 0 Å². The summed E-state index contributed by atoms with van der Waals surface area (Å²) in [6, 6.07) is 0. The minimum absolute atomic E-state index is 0.151. The first kappa shape index (κ1) is 12.6. The molecule has 0 saturated heterocycles. The molecule has 0 aromatic heterocycles. The van der Waals surface area contributed by atoms with Gasteiger partial charge in [-0.1, -0.05) is 13.8 Å². The largest absolute Gasteiger partial charge is 0.123 e. The van der Waals surface area contributed by atoms with Crippen LogP contribution in [0.3, 0.4) is 0 Å². The summed E-state index contributed by atoms with van der Waals surface area (Å²) in [6.45, 7) is 10.5. The summed E-state index contributed by atoms with van der Waals surface area (Å²) < 4.78 is 0. The lowest BCUT2D eigenvalue weighted by molar-refractivity contribution is 0.247. The molecule has 1 atom stereocenters. The third-order valence-corrected chi connectivity index (χ3v) is 3.51. The predicted molar refractivity (Wildman–Crippen MR) is 58.3 cm³/mol. The van der Waals surface area contributed by atoms with Crippen LogP contribution >= 0.6 is 23.2 Å². The van der Waals surface area contributed by atoms with Gasteiger partial charge in [0.1, 0.15) is 0 Å². The van der Waals surface area contributed by atoms with Gasteiger partial charge in [-0.15, -0.1) is 23.2 Å². The van der Waals surface area contributed by atoms with Crippen LogP contribution in [-0.2, 0) is 0 Å². The van der Waals surface area contributed by atoms with Gasteiger partial charge in [0.2, 0.25) is 0 Å². The second-order valence-electron chi connectivity index (χ2n) is 4.68. The van der Waals surface area contributed by atoms with Crippen molar-refractivity contribution in [3.63, 3.8) is 0 Å². The molecule has 12 heavy (non-hydrogen) atoms. The van der Waals surface area contributed by atoms with E-state index in [0.717, 1.165) is 12.8 Å². The Morgan fingerprint density at radius 3 is 1.83 bits per heavy atom. The summed E-state index contributed by atoms with van der Waals surface area (Å²) in [4.78, 5) is -0.154. The molecule has 0 aromatic carbocycles. The molecule has 0 bridgehead atoms. The van der Waals surface area contributed by atoms with Crippen molar-refractivity contribution in [1.82, 2.24) is 0 Å². The molecule has 0 nitrogen and oxygen atoms in total. The van der Waals surface area contributed by atoms with Gasteiger partial charge in [0.25, 0.3) is 0 Å². The molecule has 0 amide bonds. The Balaban J connectivity index is 4.05. The smallest absolute Gasteiger partial charge is 0.0441 e. The number of rotatable bonds is 4. The van der Waals surface area contributed by atoms with E-state index >= 15 is 0 Å². The van der Waals surface area contributed by atoms with E-state index in [1.54, 1.807) is 0 Å². The van der Waals surface area contributed by atoms with Crippen LogP contribution in [0.2, 0.25) is 0 Å². The van der Waals surface area contributed by atoms with Crippen molar-refractivity contribution in [2.24, 2.45) is 5.41 Å². The molecule has 0 aliphatic heterocycles. The summed E-state index contributed by atoms with van der Waals surface area (Å²) in [5.41, 5.74) is 0.151. The van der Waals surface area contributed by atoms with Crippen LogP contribution in [0.1, 0.15) is 47.5 Å². The Labute approximate surface area is 86.6 Å². The maximum Gasteiger partial charge on any atom is 0.0441 e. The minimum atomic E-state index is -0.154. The summed E-state index contributed by atoms with van der Waals surface area (Å²) >= 11 is 12.2. The van der Waals surface area contributed by atoms with Gasteiger partial charge in [0.05, 0.1) is 0 Å². The molecule has 74 valence electrons. The van der Waals surface area contributed by atoms with Gasteiger partial charge in [-0.05, 0) is 39.0 Å². The zero-order chi connectivity index (χ0) is 9.99. The quantitative estimate of drug-likeness (QED) is 0.603. The van der Waals surface area contributed by atoms with Gasteiger partial charge >= 0.3 is 0 Å². The molecule has 0 fully saturated rings. The summed E-state index contributed by atoms with van der Waals surface area (Å²) in [7, 11) is 0. The number of hydrogen-bond donors (Lipinski definition) is 0. The first-order valence-corrected chi connectivity index (χ1v) is 5.31. The second-order valence-corrected chi connectivity index (χ2v) is 6.37.